The van der Waals surface area contributed by atoms with Crippen LogP contribution in [0.4, 0.5) is 20.4 Å². The summed E-state index contributed by atoms with van der Waals surface area (Å²) in [6.07, 6.45) is 0.806. The topological polar surface area (TPSA) is 149 Å². The summed E-state index contributed by atoms with van der Waals surface area (Å²) in [6.45, 7) is 5.18. The lowest BCUT2D eigenvalue weighted by Gasteiger charge is -2.20. The van der Waals surface area contributed by atoms with Crippen molar-refractivity contribution in [3.8, 4) is 11.5 Å². The van der Waals surface area contributed by atoms with Crippen molar-refractivity contribution in [2.75, 3.05) is 11.1 Å². The molecule has 1 aliphatic heterocycles. The van der Waals surface area contributed by atoms with E-state index < -0.39 is 28.4 Å². The lowest BCUT2D eigenvalue weighted by atomic mass is 9.85. The van der Waals surface area contributed by atoms with Gasteiger partial charge in [-0.05, 0) is 69.5 Å². The molecule has 4 N–H and O–H groups in total. The number of nitrogens with zero attached hydrogens (tertiary/aromatic N) is 5. The summed E-state index contributed by atoms with van der Waals surface area (Å²) in [6, 6.07) is 10.2. The number of rotatable bonds is 8. The van der Waals surface area contributed by atoms with E-state index in [0.29, 0.717) is 51.3 Å². The van der Waals surface area contributed by atoms with Crippen molar-refractivity contribution < 1.29 is 23.5 Å². The van der Waals surface area contributed by atoms with E-state index in [0.717, 1.165) is 0 Å². The normalized spacial score (nSPS) is 16.4. The number of aryl methyl sites for hydroxylation is 1. The molecule has 0 radical (unpaired) electrons. The number of aromatic nitrogens is 5. The Morgan fingerprint density at radius 3 is 2.65 bits per heavy atom. The third-order valence-electron chi connectivity index (χ3n) is 7.83. The molecule has 0 saturated heterocycles. The van der Waals surface area contributed by atoms with E-state index in [2.05, 4.69) is 25.4 Å². The van der Waals surface area contributed by atoms with Crippen molar-refractivity contribution in [3.05, 3.63) is 81.3 Å². The number of nitrogens with two attached hydrogens (primary N) is 1. The van der Waals surface area contributed by atoms with Gasteiger partial charge in [0.15, 0.2) is 5.82 Å². The number of halogens is 2. The van der Waals surface area contributed by atoms with Gasteiger partial charge in [-0.3, -0.25) is 14.3 Å². The van der Waals surface area contributed by atoms with Gasteiger partial charge < -0.3 is 16.2 Å². The molecule has 1 amide bonds. The smallest absolute Gasteiger partial charge is 0.309 e. The van der Waals surface area contributed by atoms with Gasteiger partial charge in [-0.1, -0.05) is 12.1 Å². The van der Waals surface area contributed by atoms with Gasteiger partial charge in [0.2, 0.25) is 5.91 Å². The molecular formula is C30H27F2N7O3S. The van der Waals surface area contributed by atoms with Crippen LogP contribution in [-0.4, -0.2) is 41.7 Å². The summed E-state index contributed by atoms with van der Waals surface area (Å²) in [5, 5.41) is 19.7. The van der Waals surface area contributed by atoms with E-state index in [1.807, 2.05) is 5.38 Å². The molecule has 3 aromatic heterocycles. The number of nitrogens with one attached hydrogen (secondary N) is 1. The number of hydrogen-bond donors (Lipinski definition) is 3. The molecule has 5 aromatic rings. The second kappa shape index (κ2) is 10.2. The van der Waals surface area contributed by atoms with Crippen molar-refractivity contribution in [1.29, 1.82) is 0 Å². The van der Waals surface area contributed by atoms with Crippen molar-refractivity contribution in [3.63, 3.8) is 0 Å². The first-order valence-corrected chi connectivity index (χ1v) is 14.3. The Labute approximate surface area is 248 Å². The van der Waals surface area contributed by atoms with Gasteiger partial charge in [0, 0.05) is 10.8 Å². The molecule has 6 rings (SSSR count). The highest BCUT2D eigenvalue weighted by molar-refractivity contribution is 7.10. The van der Waals surface area contributed by atoms with Crippen LogP contribution in [0.3, 0.4) is 0 Å². The number of thiazole rings is 1. The Kier molecular flexibility index (Phi) is 6.72. The molecule has 1 unspecified atom stereocenters. The second-order valence-electron chi connectivity index (χ2n) is 11.4. The fraction of sp³-hybridized carbons (Fsp3) is 0.267. The number of hydrogen-bond acceptors (Lipinski definition) is 8. The highest BCUT2D eigenvalue weighted by Gasteiger charge is 2.50. The van der Waals surface area contributed by atoms with Crippen molar-refractivity contribution in [1.82, 2.24) is 24.7 Å². The summed E-state index contributed by atoms with van der Waals surface area (Å²) >= 11 is 1.28. The quantitative estimate of drug-likeness (QED) is 0.220. The van der Waals surface area contributed by atoms with E-state index >= 15 is 0 Å². The minimum absolute atomic E-state index is 0.0551. The lowest BCUT2D eigenvalue weighted by Crippen LogP contribution is -2.33. The average Bonchev–Trinajstić information content (AvgIpc) is 3.63. The Balaban J connectivity index is 1.38. The maximum Gasteiger partial charge on any atom is 0.309 e. The molecule has 1 aliphatic rings. The number of carboxylic acid groups (broad SMARTS) is 1. The first-order chi connectivity index (χ1) is 20.4. The molecule has 220 valence electrons. The van der Waals surface area contributed by atoms with E-state index in [1.54, 1.807) is 43.7 Å². The first kappa shape index (κ1) is 28.3. The molecule has 0 bridgehead atoms. The lowest BCUT2D eigenvalue weighted by molar-refractivity contribution is -0.147. The van der Waals surface area contributed by atoms with Crippen molar-refractivity contribution >= 4 is 45.8 Å². The molecule has 0 spiro atoms. The Morgan fingerprint density at radius 1 is 1.14 bits per heavy atom. The summed E-state index contributed by atoms with van der Waals surface area (Å²) in [5.41, 5.74) is 6.76. The SMILES string of the molecule is CC(C)(CCc1csc(C2(C)C(=O)Nc3nc(-c4nn(Cc5cccc(F)c5)c5cc(F)ccc45)nc(N)c32)n1)C(=O)O. The van der Waals surface area contributed by atoms with Gasteiger partial charge in [0.25, 0.3) is 0 Å². The number of carbonyl (C=O) groups is 2. The zero-order valence-corrected chi connectivity index (χ0v) is 24.3. The van der Waals surface area contributed by atoms with Crippen LogP contribution in [0.15, 0.2) is 47.8 Å². The minimum Gasteiger partial charge on any atom is -0.481 e. The van der Waals surface area contributed by atoms with E-state index in [-0.39, 0.29) is 29.9 Å². The molecule has 1 atom stereocenters. The van der Waals surface area contributed by atoms with Crippen LogP contribution >= 0.6 is 11.3 Å². The van der Waals surface area contributed by atoms with Gasteiger partial charge in [-0.2, -0.15) is 5.10 Å². The van der Waals surface area contributed by atoms with Crippen molar-refractivity contribution in [2.45, 2.75) is 45.6 Å². The highest BCUT2D eigenvalue weighted by Crippen LogP contribution is 2.46. The molecule has 43 heavy (non-hydrogen) atoms. The van der Waals surface area contributed by atoms with Crippen LogP contribution < -0.4 is 11.1 Å². The van der Waals surface area contributed by atoms with E-state index in [4.69, 9.17) is 5.73 Å². The summed E-state index contributed by atoms with van der Waals surface area (Å²) in [4.78, 5) is 38.7. The molecule has 10 nitrogen and oxygen atoms in total. The molecule has 13 heteroatoms. The highest BCUT2D eigenvalue weighted by atomic mass is 32.1. The molecule has 2 aromatic carbocycles. The van der Waals surface area contributed by atoms with E-state index in [1.165, 1.54) is 35.6 Å². The number of carbonyl (C=O) groups excluding carboxylic acids is 1. The van der Waals surface area contributed by atoms with Crippen LogP contribution in [0.5, 0.6) is 0 Å². The number of anilines is 2. The second-order valence-corrected chi connectivity index (χ2v) is 12.2. The van der Waals surface area contributed by atoms with Crippen LogP contribution in [0.25, 0.3) is 22.4 Å². The Bertz CT molecular complexity index is 1940. The maximum atomic E-state index is 14.3. The van der Waals surface area contributed by atoms with Crippen LogP contribution in [0.2, 0.25) is 0 Å². The zero-order valence-electron chi connectivity index (χ0n) is 23.5. The summed E-state index contributed by atoms with van der Waals surface area (Å²) < 4.78 is 29.7. The Hall–Kier alpha value is -4.78. The van der Waals surface area contributed by atoms with Gasteiger partial charge in [0.05, 0.1) is 28.7 Å². The van der Waals surface area contributed by atoms with Crippen LogP contribution in [-0.2, 0) is 28.0 Å². The fourth-order valence-corrected chi connectivity index (χ4v) is 6.18. The van der Waals surface area contributed by atoms with Crippen molar-refractivity contribution in [2.24, 2.45) is 5.41 Å². The summed E-state index contributed by atoms with van der Waals surface area (Å²) in [5.74, 6) is -1.73. The van der Waals surface area contributed by atoms with Gasteiger partial charge in [-0.25, -0.2) is 23.7 Å². The molecule has 0 saturated carbocycles. The molecular weight excluding hydrogens is 576 g/mol. The molecule has 0 aliphatic carbocycles. The molecule has 0 fully saturated rings. The maximum absolute atomic E-state index is 14.3. The Morgan fingerprint density at radius 2 is 1.91 bits per heavy atom. The monoisotopic (exact) mass is 603 g/mol. The number of carboxylic acids is 1. The van der Waals surface area contributed by atoms with Crippen LogP contribution in [0.1, 0.15) is 49.0 Å². The van der Waals surface area contributed by atoms with Gasteiger partial charge in [0.1, 0.15) is 39.4 Å². The van der Waals surface area contributed by atoms with Gasteiger partial charge >= 0.3 is 5.97 Å². The average molecular weight is 604 g/mol. The standard InChI is InChI=1S/C30H27F2N7O3S/c1-29(2,28(41)42)10-9-18-14-43-27(34-18)30(3)21-23(33)35-25(36-24(21)37-26(30)40)22-19-8-7-17(32)12-20(19)39(38-22)13-15-5-4-6-16(31)11-15/h4-8,11-12,14H,9-10,13H2,1-3H3,(H,41,42)(H3,33,35,36,37,40). The number of aliphatic carboxylic acids is 1. The number of amides is 1. The number of fused-ring (bicyclic) bond motifs is 2. The molecule has 4 heterocycles. The third kappa shape index (κ3) is 4.88. The number of nitrogen functional groups attached to an aromatic ring is 1. The largest absolute Gasteiger partial charge is 0.481 e. The zero-order chi connectivity index (χ0) is 30.7. The minimum atomic E-state index is -1.27. The van der Waals surface area contributed by atoms with E-state index in [9.17, 15) is 23.5 Å². The first-order valence-electron chi connectivity index (χ1n) is 13.5. The predicted molar refractivity (Wildman–Crippen MR) is 158 cm³/mol. The third-order valence-corrected chi connectivity index (χ3v) is 8.95. The van der Waals surface area contributed by atoms with Crippen LogP contribution in [0, 0.1) is 17.0 Å². The summed E-state index contributed by atoms with van der Waals surface area (Å²) in [7, 11) is 0. The van der Waals surface area contributed by atoms with Gasteiger partial charge in [-0.15, -0.1) is 11.3 Å². The predicted octanol–water partition coefficient (Wildman–Crippen LogP) is 5.16. The fourth-order valence-electron chi connectivity index (χ4n) is 5.16. The number of benzene rings is 2.